The van der Waals surface area contributed by atoms with Gasteiger partial charge in [-0.05, 0) is 36.8 Å². The van der Waals surface area contributed by atoms with Crippen LogP contribution in [0.25, 0.3) is 22.2 Å². The molecule has 0 fully saturated rings. The minimum atomic E-state index is -0.585. The topological polar surface area (TPSA) is 95.8 Å². The van der Waals surface area contributed by atoms with Gasteiger partial charge >= 0.3 is 0 Å². The van der Waals surface area contributed by atoms with E-state index in [1.165, 1.54) is 16.3 Å². The third-order valence-electron chi connectivity index (χ3n) is 4.86. The Bertz CT molecular complexity index is 1310. The lowest BCUT2D eigenvalue weighted by atomic mass is 10.2. The third kappa shape index (κ3) is 4.42. The number of nitrogens with two attached hydrogens (primary N) is 1. The largest absolute Gasteiger partial charge is 0.368 e. The number of hydrogen-bond acceptors (Lipinski definition) is 5. The van der Waals surface area contributed by atoms with Gasteiger partial charge in [0.2, 0.25) is 5.91 Å². The average Bonchev–Trinajstić information content (AvgIpc) is 3.17. The van der Waals surface area contributed by atoms with Crippen LogP contribution >= 0.6 is 27.7 Å². The normalized spacial score (nSPS) is 11.2. The number of thioether (sulfide) groups is 1. The molecule has 2 heterocycles. The van der Waals surface area contributed by atoms with Crippen LogP contribution in [0.1, 0.15) is 12.7 Å². The van der Waals surface area contributed by atoms with E-state index in [1.807, 2.05) is 36.5 Å². The summed E-state index contributed by atoms with van der Waals surface area (Å²) in [5.74, 6) is 0.283. The molecule has 4 aromatic rings. The van der Waals surface area contributed by atoms with Gasteiger partial charge in [-0.1, -0.05) is 52.0 Å². The first-order valence-electron chi connectivity index (χ1n) is 9.69. The van der Waals surface area contributed by atoms with Gasteiger partial charge in [-0.2, -0.15) is 0 Å². The molecule has 0 atom stereocenters. The van der Waals surface area contributed by atoms with Crippen LogP contribution in [-0.2, 0) is 23.6 Å². The standard InChI is InChI=1S/C22H20BrN5O2S/c1-2-27-18(14-7-9-15(23)10-8-14)11-25-22(27)31-13-20-26-17-6-4-3-5-16(17)21(30)28(20)12-19(24)29/h3-11H,2,12-13H2,1H3,(H2,24,29). The lowest BCUT2D eigenvalue weighted by Crippen LogP contribution is -2.31. The van der Waals surface area contributed by atoms with Crippen molar-refractivity contribution in [3.05, 3.63) is 75.4 Å². The van der Waals surface area contributed by atoms with E-state index >= 15 is 0 Å². The maximum atomic E-state index is 12.9. The first kappa shape index (κ1) is 21.3. The number of nitrogens with zero attached hydrogens (tertiary/aromatic N) is 4. The van der Waals surface area contributed by atoms with Crippen molar-refractivity contribution in [2.75, 3.05) is 0 Å². The molecular weight excluding hydrogens is 478 g/mol. The maximum absolute atomic E-state index is 12.9. The van der Waals surface area contributed by atoms with Crippen LogP contribution in [0.15, 0.2) is 69.2 Å². The number of halogens is 1. The Labute approximate surface area is 191 Å². The van der Waals surface area contributed by atoms with E-state index in [4.69, 9.17) is 5.73 Å². The fraction of sp³-hybridized carbons (Fsp3) is 0.182. The zero-order chi connectivity index (χ0) is 22.0. The molecule has 158 valence electrons. The number of rotatable bonds is 7. The second kappa shape index (κ2) is 9.07. The van der Waals surface area contributed by atoms with E-state index in [0.717, 1.165) is 27.4 Å². The first-order valence-corrected chi connectivity index (χ1v) is 11.5. The van der Waals surface area contributed by atoms with Crippen LogP contribution in [0.3, 0.4) is 0 Å². The number of para-hydroxylation sites is 1. The molecule has 0 radical (unpaired) electrons. The molecule has 2 aromatic carbocycles. The number of hydrogen-bond donors (Lipinski definition) is 1. The molecule has 2 aromatic heterocycles. The van der Waals surface area contributed by atoms with Gasteiger partial charge < -0.3 is 10.3 Å². The Morgan fingerprint density at radius 1 is 1.13 bits per heavy atom. The summed E-state index contributed by atoms with van der Waals surface area (Å²) in [4.78, 5) is 33.7. The van der Waals surface area contributed by atoms with Gasteiger partial charge in [0.1, 0.15) is 12.4 Å². The summed E-state index contributed by atoms with van der Waals surface area (Å²) in [6.07, 6.45) is 1.85. The van der Waals surface area contributed by atoms with Gasteiger partial charge in [0, 0.05) is 11.0 Å². The van der Waals surface area contributed by atoms with Crippen LogP contribution in [0.5, 0.6) is 0 Å². The molecular formula is C22H20BrN5O2S. The van der Waals surface area contributed by atoms with E-state index in [1.54, 1.807) is 18.2 Å². The van der Waals surface area contributed by atoms with Gasteiger partial charge in [-0.15, -0.1) is 0 Å². The number of aromatic nitrogens is 4. The molecule has 7 nitrogen and oxygen atoms in total. The van der Waals surface area contributed by atoms with Crippen LogP contribution < -0.4 is 11.3 Å². The summed E-state index contributed by atoms with van der Waals surface area (Å²) in [6.45, 7) is 2.59. The highest BCUT2D eigenvalue weighted by atomic mass is 79.9. The van der Waals surface area contributed by atoms with E-state index < -0.39 is 5.91 Å². The number of primary amides is 1. The zero-order valence-electron chi connectivity index (χ0n) is 16.8. The Balaban J connectivity index is 1.68. The molecule has 0 aliphatic rings. The van der Waals surface area contributed by atoms with Crippen molar-refractivity contribution in [1.29, 1.82) is 0 Å². The lowest BCUT2D eigenvalue weighted by molar-refractivity contribution is -0.118. The van der Waals surface area contributed by atoms with E-state index in [-0.39, 0.29) is 12.1 Å². The van der Waals surface area contributed by atoms with Crippen molar-refractivity contribution in [2.45, 2.75) is 30.9 Å². The molecule has 1 amide bonds. The second-order valence-corrected chi connectivity index (χ2v) is 8.73. The molecule has 4 rings (SSSR count). The lowest BCUT2D eigenvalue weighted by Gasteiger charge is -2.13. The smallest absolute Gasteiger partial charge is 0.261 e. The molecule has 2 N–H and O–H groups in total. The molecule has 0 aliphatic carbocycles. The van der Waals surface area contributed by atoms with Gasteiger partial charge in [-0.3, -0.25) is 14.2 Å². The van der Waals surface area contributed by atoms with E-state index in [9.17, 15) is 9.59 Å². The minimum absolute atomic E-state index is 0.209. The van der Waals surface area contributed by atoms with Gasteiger partial charge in [0.25, 0.3) is 5.56 Å². The Kier molecular flexibility index (Phi) is 6.24. The average molecular weight is 498 g/mol. The van der Waals surface area contributed by atoms with Crippen LogP contribution in [0.4, 0.5) is 0 Å². The number of carbonyl (C=O) groups is 1. The van der Waals surface area contributed by atoms with Crippen molar-refractivity contribution in [2.24, 2.45) is 5.73 Å². The molecule has 0 aliphatic heterocycles. The summed E-state index contributed by atoms with van der Waals surface area (Å²) in [5.41, 5.74) is 7.79. The fourth-order valence-corrected chi connectivity index (χ4v) is 4.66. The molecule has 0 unspecified atom stereocenters. The quantitative estimate of drug-likeness (QED) is 0.391. The maximum Gasteiger partial charge on any atom is 0.261 e. The van der Waals surface area contributed by atoms with Gasteiger partial charge in [0.05, 0.1) is 28.5 Å². The summed E-state index contributed by atoms with van der Waals surface area (Å²) >= 11 is 4.93. The third-order valence-corrected chi connectivity index (χ3v) is 6.38. The second-order valence-electron chi connectivity index (χ2n) is 6.87. The molecule has 9 heteroatoms. The van der Waals surface area contributed by atoms with Crippen molar-refractivity contribution < 1.29 is 4.79 Å². The molecule has 0 saturated heterocycles. The fourth-order valence-electron chi connectivity index (χ4n) is 3.40. The molecule has 0 saturated carbocycles. The summed E-state index contributed by atoms with van der Waals surface area (Å²) in [6, 6.07) is 15.2. The Morgan fingerprint density at radius 2 is 1.87 bits per heavy atom. The van der Waals surface area contributed by atoms with Gasteiger partial charge in [-0.25, -0.2) is 9.97 Å². The number of amides is 1. The van der Waals surface area contributed by atoms with Crippen molar-refractivity contribution in [3.8, 4) is 11.3 Å². The highest BCUT2D eigenvalue weighted by Gasteiger charge is 2.16. The zero-order valence-corrected chi connectivity index (χ0v) is 19.2. The van der Waals surface area contributed by atoms with Crippen molar-refractivity contribution >= 4 is 44.5 Å². The summed E-state index contributed by atoms with van der Waals surface area (Å²) < 4.78 is 4.49. The SMILES string of the molecule is CCn1c(-c2ccc(Br)cc2)cnc1SCc1nc2ccccc2c(=O)n1CC(N)=O. The van der Waals surface area contributed by atoms with E-state index in [0.29, 0.717) is 22.5 Å². The van der Waals surface area contributed by atoms with E-state index in [2.05, 4.69) is 37.4 Å². The monoisotopic (exact) mass is 497 g/mol. The summed E-state index contributed by atoms with van der Waals surface area (Å²) in [5, 5.41) is 1.28. The first-order chi connectivity index (χ1) is 15.0. The van der Waals surface area contributed by atoms with Crippen molar-refractivity contribution in [1.82, 2.24) is 19.1 Å². The number of benzene rings is 2. The van der Waals surface area contributed by atoms with Crippen LogP contribution in [0.2, 0.25) is 0 Å². The number of fused-ring (bicyclic) bond motifs is 1. The van der Waals surface area contributed by atoms with Crippen molar-refractivity contribution in [3.63, 3.8) is 0 Å². The highest BCUT2D eigenvalue weighted by molar-refractivity contribution is 9.10. The Hall–Kier alpha value is -2.91. The Morgan fingerprint density at radius 3 is 2.58 bits per heavy atom. The predicted octanol–water partition coefficient (Wildman–Crippen LogP) is 3.82. The molecule has 0 spiro atoms. The highest BCUT2D eigenvalue weighted by Crippen LogP contribution is 2.28. The van der Waals surface area contributed by atoms with Gasteiger partial charge in [0.15, 0.2) is 5.16 Å². The minimum Gasteiger partial charge on any atom is -0.368 e. The summed E-state index contributed by atoms with van der Waals surface area (Å²) in [7, 11) is 0. The number of carbonyl (C=O) groups excluding carboxylic acids is 1. The molecule has 0 bridgehead atoms. The molecule has 31 heavy (non-hydrogen) atoms. The van der Waals surface area contributed by atoms with Crippen LogP contribution in [-0.4, -0.2) is 25.0 Å². The number of imidazole rings is 1. The van der Waals surface area contributed by atoms with Crippen LogP contribution in [0, 0.1) is 0 Å². The predicted molar refractivity (Wildman–Crippen MR) is 126 cm³/mol.